The molecule has 0 aliphatic carbocycles. The van der Waals surface area contributed by atoms with Gasteiger partial charge in [0, 0.05) is 10.7 Å². The van der Waals surface area contributed by atoms with Gasteiger partial charge in [0.2, 0.25) is 0 Å². The van der Waals surface area contributed by atoms with Gasteiger partial charge in [0.15, 0.2) is 0 Å². The minimum atomic E-state index is -0.451. The van der Waals surface area contributed by atoms with Crippen LogP contribution in [0, 0.1) is 11.3 Å². The molecule has 3 nitrogen and oxygen atoms in total. The van der Waals surface area contributed by atoms with Gasteiger partial charge in [-0.1, -0.05) is 54.1 Å². The van der Waals surface area contributed by atoms with Crippen LogP contribution in [0.4, 0.5) is 5.69 Å². The van der Waals surface area contributed by atoms with E-state index < -0.39 is 5.91 Å². The highest BCUT2D eigenvalue weighted by molar-refractivity contribution is 6.30. The first-order chi connectivity index (χ1) is 11.7. The number of fused-ring (bicyclic) bond motifs is 1. The predicted octanol–water partition coefficient (Wildman–Crippen LogP) is 5.04. The molecule has 0 spiro atoms. The van der Waals surface area contributed by atoms with Crippen molar-refractivity contribution in [2.75, 3.05) is 5.32 Å². The molecule has 0 radical (unpaired) electrons. The van der Waals surface area contributed by atoms with E-state index in [1.807, 2.05) is 48.5 Å². The number of nitriles is 1. The summed E-state index contributed by atoms with van der Waals surface area (Å²) in [7, 11) is 0. The van der Waals surface area contributed by atoms with Crippen LogP contribution >= 0.6 is 11.6 Å². The van der Waals surface area contributed by atoms with E-state index in [0.29, 0.717) is 10.7 Å². The van der Waals surface area contributed by atoms with Gasteiger partial charge < -0.3 is 5.32 Å². The van der Waals surface area contributed by atoms with Crippen molar-refractivity contribution in [3.8, 4) is 6.07 Å². The predicted molar refractivity (Wildman–Crippen MR) is 97.6 cm³/mol. The third kappa shape index (κ3) is 3.45. The van der Waals surface area contributed by atoms with Crippen LogP contribution in [-0.2, 0) is 4.79 Å². The van der Waals surface area contributed by atoms with E-state index >= 15 is 0 Å². The number of carbonyl (C=O) groups excluding carboxylic acids is 1. The lowest BCUT2D eigenvalue weighted by Crippen LogP contribution is -2.13. The van der Waals surface area contributed by atoms with Crippen LogP contribution in [0.3, 0.4) is 0 Å². The highest BCUT2D eigenvalue weighted by Crippen LogP contribution is 2.21. The van der Waals surface area contributed by atoms with Crippen LogP contribution in [0.25, 0.3) is 16.8 Å². The average molecular weight is 333 g/mol. The summed E-state index contributed by atoms with van der Waals surface area (Å²) in [4.78, 5) is 12.3. The molecule has 0 aliphatic rings. The zero-order chi connectivity index (χ0) is 16.9. The topological polar surface area (TPSA) is 52.9 Å². The molecule has 0 aliphatic heterocycles. The minimum Gasteiger partial charge on any atom is -0.321 e. The zero-order valence-electron chi connectivity index (χ0n) is 12.7. The van der Waals surface area contributed by atoms with E-state index in [9.17, 15) is 10.1 Å². The van der Waals surface area contributed by atoms with E-state index in [1.54, 1.807) is 30.3 Å². The van der Waals surface area contributed by atoms with Crippen molar-refractivity contribution in [1.82, 2.24) is 0 Å². The van der Waals surface area contributed by atoms with Gasteiger partial charge in [-0.25, -0.2) is 0 Å². The molecular weight excluding hydrogens is 320 g/mol. The van der Waals surface area contributed by atoms with Crippen LogP contribution < -0.4 is 5.32 Å². The third-order valence-electron chi connectivity index (χ3n) is 3.59. The second-order valence-corrected chi connectivity index (χ2v) is 5.64. The number of nitrogens with one attached hydrogen (secondary N) is 1. The molecule has 1 amide bonds. The van der Waals surface area contributed by atoms with Gasteiger partial charge in [-0.05, 0) is 46.7 Å². The number of amides is 1. The highest BCUT2D eigenvalue weighted by atomic mass is 35.5. The second kappa shape index (κ2) is 6.99. The van der Waals surface area contributed by atoms with E-state index in [-0.39, 0.29) is 5.57 Å². The molecular formula is C20H13ClN2O. The number of halogens is 1. The molecule has 24 heavy (non-hydrogen) atoms. The molecule has 0 saturated carbocycles. The van der Waals surface area contributed by atoms with Gasteiger partial charge in [0.25, 0.3) is 5.91 Å². The molecule has 4 heteroatoms. The number of rotatable bonds is 3. The molecule has 3 aromatic carbocycles. The van der Waals surface area contributed by atoms with Crippen molar-refractivity contribution >= 4 is 40.0 Å². The van der Waals surface area contributed by atoms with Crippen LogP contribution in [0.1, 0.15) is 5.56 Å². The maximum absolute atomic E-state index is 12.3. The maximum Gasteiger partial charge on any atom is 0.266 e. The van der Waals surface area contributed by atoms with Crippen molar-refractivity contribution in [3.05, 3.63) is 82.9 Å². The Morgan fingerprint density at radius 2 is 1.71 bits per heavy atom. The van der Waals surface area contributed by atoms with Crippen molar-refractivity contribution in [1.29, 1.82) is 5.26 Å². The Morgan fingerprint density at radius 1 is 1.00 bits per heavy atom. The smallest absolute Gasteiger partial charge is 0.266 e. The highest BCUT2D eigenvalue weighted by Gasteiger charge is 2.10. The number of nitrogens with zero attached hydrogens (tertiary/aromatic N) is 1. The van der Waals surface area contributed by atoms with Crippen molar-refractivity contribution in [2.24, 2.45) is 0 Å². The standard InChI is InChI=1S/C20H13ClN2O/c21-17-8-10-18(11-9-17)23-20(24)16(13-22)12-15-6-3-5-14-4-1-2-7-19(14)15/h1-12H,(H,23,24)/b16-12+. The Morgan fingerprint density at radius 3 is 2.46 bits per heavy atom. The molecule has 3 rings (SSSR count). The molecule has 1 N–H and O–H groups in total. The monoisotopic (exact) mass is 332 g/mol. The summed E-state index contributed by atoms with van der Waals surface area (Å²) in [6.45, 7) is 0. The number of hydrogen-bond acceptors (Lipinski definition) is 2. The number of hydrogen-bond donors (Lipinski definition) is 1. The van der Waals surface area contributed by atoms with Gasteiger partial charge >= 0.3 is 0 Å². The van der Waals surface area contributed by atoms with Gasteiger partial charge in [0.1, 0.15) is 11.6 Å². The maximum atomic E-state index is 12.3. The first kappa shape index (κ1) is 15.8. The average Bonchev–Trinajstić information content (AvgIpc) is 2.61. The van der Waals surface area contributed by atoms with Crippen LogP contribution in [-0.4, -0.2) is 5.91 Å². The van der Waals surface area contributed by atoms with E-state index in [0.717, 1.165) is 16.3 Å². The molecule has 3 aromatic rings. The Kier molecular flexibility index (Phi) is 4.60. The molecule has 0 fully saturated rings. The van der Waals surface area contributed by atoms with Crippen molar-refractivity contribution in [3.63, 3.8) is 0 Å². The normalized spacial score (nSPS) is 11.1. The molecule has 116 valence electrons. The zero-order valence-corrected chi connectivity index (χ0v) is 13.4. The number of anilines is 1. The summed E-state index contributed by atoms with van der Waals surface area (Å²) in [6, 6.07) is 22.3. The van der Waals surface area contributed by atoms with Crippen LogP contribution in [0.5, 0.6) is 0 Å². The SMILES string of the molecule is N#C/C(=C\c1cccc2ccccc12)C(=O)Nc1ccc(Cl)cc1. The Labute approximate surface area is 144 Å². The van der Waals surface area contributed by atoms with Crippen molar-refractivity contribution in [2.45, 2.75) is 0 Å². The summed E-state index contributed by atoms with van der Waals surface area (Å²) < 4.78 is 0. The van der Waals surface area contributed by atoms with Gasteiger partial charge in [-0.2, -0.15) is 5.26 Å². The van der Waals surface area contributed by atoms with E-state index in [1.165, 1.54) is 0 Å². The molecule has 0 bridgehead atoms. The first-order valence-corrected chi connectivity index (χ1v) is 7.71. The summed E-state index contributed by atoms with van der Waals surface area (Å²) in [5.74, 6) is -0.451. The molecule has 0 aromatic heterocycles. The summed E-state index contributed by atoms with van der Waals surface area (Å²) in [5.41, 5.74) is 1.46. The quantitative estimate of drug-likeness (QED) is 0.539. The second-order valence-electron chi connectivity index (χ2n) is 5.20. The lowest BCUT2D eigenvalue weighted by molar-refractivity contribution is -0.112. The molecule has 0 unspecified atom stereocenters. The summed E-state index contributed by atoms with van der Waals surface area (Å²) in [5, 5.41) is 14.7. The number of benzene rings is 3. The number of carbonyl (C=O) groups is 1. The molecule has 0 saturated heterocycles. The fourth-order valence-electron chi connectivity index (χ4n) is 2.41. The largest absolute Gasteiger partial charge is 0.321 e. The lowest BCUT2D eigenvalue weighted by Gasteiger charge is -2.06. The van der Waals surface area contributed by atoms with Gasteiger partial charge in [-0.15, -0.1) is 0 Å². The van der Waals surface area contributed by atoms with E-state index in [4.69, 9.17) is 11.6 Å². The fraction of sp³-hybridized carbons (Fsp3) is 0. The molecule has 0 heterocycles. The van der Waals surface area contributed by atoms with E-state index in [2.05, 4.69) is 5.32 Å². The Balaban J connectivity index is 1.92. The third-order valence-corrected chi connectivity index (χ3v) is 3.84. The van der Waals surface area contributed by atoms with Gasteiger partial charge in [0.05, 0.1) is 0 Å². The Hall–Kier alpha value is -3.09. The molecule has 0 atom stereocenters. The van der Waals surface area contributed by atoms with Crippen LogP contribution in [0.15, 0.2) is 72.3 Å². The van der Waals surface area contributed by atoms with Crippen molar-refractivity contribution < 1.29 is 4.79 Å². The summed E-state index contributed by atoms with van der Waals surface area (Å²) in [6.07, 6.45) is 1.60. The van der Waals surface area contributed by atoms with Gasteiger partial charge in [-0.3, -0.25) is 4.79 Å². The summed E-state index contributed by atoms with van der Waals surface area (Å²) >= 11 is 5.82. The lowest BCUT2D eigenvalue weighted by atomic mass is 10.0. The fourth-order valence-corrected chi connectivity index (χ4v) is 2.54. The minimum absolute atomic E-state index is 0.0429. The van der Waals surface area contributed by atoms with Crippen LogP contribution in [0.2, 0.25) is 5.02 Å². The Bertz CT molecular complexity index is 964. The first-order valence-electron chi connectivity index (χ1n) is 7.34.